The van der Waals surface area contributed by atoms with E-state index in [1.807, 2.05) is 6.26 Å². The number of benzene rings is 1. The quantitative estimate of drug-likeness (QED) is 0.559. The molecular weight excluding hydrogens is 384 g/mol. The maximum Gasteiger partial charge on any atom is 0.266 e. The van der Waals surface area contributed by atoms with E-state index in [4.69, 9.17) is 4.74 Å². The Morgan fingerprint density at radius 2 is 1.96 bits per heavy atom. The van der Waals surface area contributed by atoms with E-state index in [2.05, 4.69) is 15.5 Å². The number of anilines is 2. The van der Waals surface area contributed by atoms with Crippen LogP contribution in [0.3, 0.4) is 0 Å². The number of nitrogens with zero attached hydrogens (tertiary/aromatic N) is 3. The second-order valence-corrected chi connectivity index (χ2v) is 9.10. The lowest BCUT2D eigenvalue weighted by Gasteiger charge is -2.18. The van der Waals surface area contributed by atoms with Crippen LogP contribution < -0.4 is 14.4 Å². The Labute approximate surface area is 154 Å². The molecule has 136 valence electrons. The smallest absolute Gasteiger partial charge is 0.266 e. The second-order valence-electron chi connectivity index (χ2n) is 5.05. The minimum Gasteiger partial charge on any atom is -0.481 e. The highest BCUT2D eigenvalue weighted by molar-refractivity contribution is 8.00. The van der Waals surface area contributed by atoms with Crippen LogP contribution in [0.4, 0.5) is 10.8 Å². The molecule has 0 spiro atoms. The fourth-order valence-electron chi connectivity index (χ4n) is 1.73. The molecule has 1 heterocycles. The molecule has 1 aromatic carbocycles. The van der Waals surface area contributed by atoms with Crippen LogP contribution in [-0.4, -0.2) is 50.2 Å². The Hall–Kier alpha value is -1.85. The highest BCUT2D eigenvalue weighted by atomic mass is 32.2. The van der Waals surface area contributed by atoms with Crippen LogP contribution in [0, 0.1) is 0 Å². The summed E-state index contributed by atoms with van der Waals surface area (Å²) >= 11 is 2.73. The molecule has 8 nitrogen and oxygen atoms in total. The Bertz CT molecular complexity index is 836. The number of thioether (sulfide) groups is 1. The number of carbonyl (C=O) groups excluding carboxylic acids is 1. The van der Waals surface area contributed by atoms with Gasteiger partial charge in [0, 0.05) is 7.05 Å². The first-order valence-electron chi connectivity index (χ1n) is 7.09. The van der Waals surface area contributed by atoms with Crippen LogP contribution >= 0.6 is 23.1 Å². The minimum atomic E-state index is -3.33. The van der Waals surface area contributed by atoms with Gasteiger partial charge in [0.05, 0.1) is 11.9 Å². The first-order chi connectivity index (χ1) is 11.7. The first-order valence-corrected chi connectivity index (χ1v) is 11.0. The molecule has 1 aromatic heterocycles. The standard InChI is InChI=1S/C14H18N4O4S3/c1-9(12(19)15-13-16-17-14(23-3)24-13)22-11-7-5-10(6-8-11)18(2)25(4,20)21/h5-9H,1-4H3,(H,15,16,19)/t9-/m1/s1. The Kier molecular flexibility index (Phi) is 6.25. The molecule has 11 heteroatoms. The van der Waals surface area contributed by atoms with Crippen LogP contribution in [0.5, 0.6) is 5.75 Å². The van der Waals surface area contributed by atoms with Crippen molar-refractivity contribution in [1.82, 2.24) is 10.2 Å². The maximum absolute atomic E-state index is 12.1. The van der Waals surface area contributed by atoms with Crippen molar-refractivity contribution >= 4 is 49.8 Å². The fraction of sp³-hybridized carbons (Fsp3) is 0.357. The van der Waals surface area contributed by atoms with Crippen molar-refractivity contribution in [2.24, 2.45) is 0 Å². The highest BCUT2D eigenvalue weighted by Crippen LogP contribution is 2.24. The molecule has 0 radical (unpaired) electrons. The molecule has 1 amide bonds. The normalized spacial score (nSPS) is 12.5. The molecule has 25 heavy (non-hydrogen) atoms. The van der Waals surface area contributed by atoms with Gasteiger partial charge in [-0.1, -0.05) is 23.1 Å². The van der Waals surface area contributed by atoms with Gasteiger partial charge in [-0.05, 0) is 37.4 Å². The van der Waals surface area contributed by atoms with Gasteiger partial charge in [-0.3, -0.25) is 14.4 Å². The van der Waals surface area contributed by atoms with Crippen LogP contribution in [0.2, 0.25) is 0 Å². The third kappa shape index (κ3) is 5.31. The Morgan fingerprint density at radius 1 is 1.32 bits per heavy atom. The molecule has 0 aliphatic rings. The lowest BCUT2D eigenvalue weighted by atomic mass is 10.3. The lowest BCUT2D eigenvalue weighted by Crippen LogP contribution is -2.30. The average molecular weight is 403 g/mol. The molecule has 0 fully saturated rings. The molecule has 1 N–H and O–H groups in total. The Balaban J connectivity index is 1.97. The summed E-state index contributed by atoms with van der Waals surface area (Å²) in [5, 5.41) is 10.8. The maximum atomic E-state index is 12.1. The summed E-state index contributed by atoms with van der Waals surface area (Å²) in [5.74, 6) is 0.108. The van der Waals surface area contributed by atoms with Crippen molar-refractivity contribution in [3.05, 3.63) is 24.3 Å². The molecule has 0 saturated carbocycles. The number of rotatable bonds is 7. The molecule has 0 aliphatic heterocycles. The van der Waals surface area contributed by atoms with E-state index in [-0.39, 0.29) is 5.91 Å². The van der Waals surface area contributed by atoms with Gasteiger partial charge in [0.2, 0.25) is 15.2 Å². The summed E-state index contributed by atoms with van der Waals surface area (Å²) in [7, 11) is -1.86. The van der Waals surface area contributed by atoms with Crippen LogP contribution in [0.15, 0.2) is 28.6 Å². The van der Waals surface area contributed by atoms with Crippen molar-refractivity contribution < 1.29 is 17.9 Å². The summed E-state index contributed by atoms with van der Waals surface area (Å²) in [6, 6.07) is 6.43. The number of carbonyl (C=O) groups is 1. The monoisotopic (exact) mass is 402 g/mol. The average Bonchev–Trinajstić information content (AvgIpc) is 3.01. The van der Waals surface area contributed by atoms with E-state index in [1.165, 1.54) is 30.1 Å². The van der Waals surface area contributed by atoms with E-state index >= 15 is 0 Å². The van der Waals surface area contributed by atoms with E-state index in [0.717, 1.165) is 14.9 Å². The van der Waals surface area contributed by atoms with E-state index < -0.39 is 16.1 Å². The summed E-state index contributed by atoms with van der Waals surface area (Å²) < 4.78 is 30.5. The van der Waals surface area contributed by atoms with Gasteiger partial charge in [0.25, 0.3) is 5.91 Å². The number of ether oxygens (including phenoxy) is 1. The number of hydrogen-bond donors (Lipinski definition) is 1. The molecular formula is C14H18N4O4S3. The molecule has 1 atom stereocenters. The van der Waals surface area contributed by atoms with Crippen LogP contribution in [-0.2, 0) is 14.8 Å². The summed E-state index contributed by atoms with van der Waals surface area (Å²) in [6.45, 7) is 1.61. The summed E-state index contributed by atoms with van der Waals surface area (Å²) in [5.41, 5.74) is 0.505. The van der Waals surface area contributed by atoms with Crippen molar-refractivity contribution in [2.75, 3.05) is 29.2 Å². The van der Waals surface area contributed by atoms with Gasteiger partial charge in [-0.25, -0.2) is 8.42 Å². The van der Waals surface area contributed by atoms with Gasteiger partial charge in [0.1, 0.15) is 5.75 Å². The topological polar surface area (TPSA) is 101 Å². The van der Waals surface area contributed by atoms with Gasteiger partial charge >= 0.3 is 0 Å². The Morgan fingerprint density at radius 3 is 2.48 bits per heavy atom. The molecule has 0 unspecified atom stereocenters. The third-order valence-corrected chi connectivity index (χ3v) is 6.21. The van der Waals surface area contributed by atoms with Gasteiger partial charge in [0.15, 0.2) is 10.4 Å². The van der Waals surface area contributed by atoms with Gasteiger partial charge in [-0.15, -0.1) is 10.2 Å². The van der Waals surface area contributed by atoms with Gasteiger partial charge < -0.3 is 4.74 Å². The zero-order chi connectivity index (χ0) is 18.6. The van der Waals surface area contributed by atoms with E-state index in [1.54, 1.807) is 31.2 Å². The summed E-state index contributed by atoms with van der Waals surface area (Å²) in [4.78, 5) is 12.1. The number of sulfonamides is 1. The number of nitrogens with one attached hydrogen (secondary N) is 1. The predicted molar refractivity (Wildman–Crippen MR) is 100 cm³/mol. The second kappa shape index (κ2) is 8.02. The number of aromatic nitrogens is 2. The highest BCUT2D eigenvalue weighted by Gasteiger charge is 2.17. The zero-order valence-electron chi connectivity index (χ0n) is 14.1. The summed E-state index contributed by atoms with van der Waals surface area (Å²) in [6.07, 6.45) is 2.25. The SMILES string of the molecule is CSc1nnc(NC(=O)[C@@H](C)Oc2ccc(N(C)S(C)(=O)=O)cc2)s1. The number of amides is 1. The van der Waals surface area contributed by atoms with E-state index in [9.17, 15) is 13.2 Å². The fourth-order valence-corrected chi connectivity index (χ4v) is 3.41. The molecule has 0 bridgehead atoms. The molecule has 0 aliphatic carbocycles. The van der Waals surface area contributed by atoms with Crippen LogP contribution in [0.1, 0.15) is 6.92 Å². The van der Waals surface area contributed by atoms with Crippen LogP contribution in [0.25, 0.3) is 0 Å². The zero-order valence-corrected chi connectivity index (χ0v) is 16.5. The largest absolute Gasteiger partial charge is 0.481 e. The predicted octanol–water partition coefficient (Wildman–Crippen LogP) is 2.06. The van der Waals surface area contributed by atoms with Gasteiger partial charge in [-0.2, -0.15) is 0 Å². The van der Waals surface area contributed by atoms with E-state index in [0.29, 0.717) is 16.6 Å². The van der Waals surface area contributed by atoms with Crippen molar-refractivity contribution in [3.63, 3.8) is 0 Å². The minimum absolute atomic E-state index is 0.346. The third-order valence-electron chi connectivity index (χ3n) is 3.19. The first kappa shape index (κ1) is 19.5. The molecule has 0 saturated heterocycles. The molecule has 2 rings (SSSR count). The number of hydrogen-bond acceptors (Lipinski definition) is 8. The lowest BCUT2D eigenvalue weighted by molar-refractivity contribution is -0.122. The van der Waals surface area contributed by atoms with Crippen molar-refractivity contribution in [3.8, 4) is 5.75 Å². The van der Waals surface area contributed by atoms with Crippen molar-refractivity contribution in [2.45, 2.75) is 17.4 Å². The van der Waals surface area contributed by atoms with Crippen molar-refractivity contribution in [1.29, 1.82) is 0 Å². The molecule has 2 aromatic rings.